The van der Waals surface area contributed by atoms with Gasteiger partial charge in [-0.1, -0.05) is 6.07 Å². The zero-order valence-corrected chi connectivity index (χ0v) is 11.4. The number of hydrogen-bond acceptors (Lipinski definition) is 0. The molecule has 12 heavy (non-hydrogen) atoms. The second-order valence-electron chi connectivity index (χ2n) is 1.82. The van der Waals surface area contributed by atoms with Crippen LogP contribution in [0.2, 0.25) is 5.02 Å². The van der Waals surface area contributed by atoms with E-state index in [9.17, 15) is 8.78 Å². The third kappa shape index (κ3) is 3.00. The zero-order chi connectivity index (χ0) is 9.72. The average molecular weight is 307 g/mol. The summed E-state index contributed by atoms with van der Waals surface area (Å²) < 4.78 is 24.9. The van der Waals surface area contributed by atoms with Crippen molar-refractivity contribution in [2.45, 2.75) is 0 Å². The van der Waals surface area contributed by atoms with Crippen LogP contribution in [0.5, 0.6) is 0 Å². The summed E-state index contributed by atoms with van der Waals surface area (Å²) in [6.07, 6.45) is 0. The van der Waals surface area contributed by atoms with Gasteiger partial charge in [0.2, 0.25) is 0 Å². The molecule has 0 saturated carbocycles. The molecular weight excluding hydrogens is 303 g/mol. The Hall–Kier alpha value is 0.343. The summed E-state index contributed by atoms with van der Waals surface area (Å²) in [5.41, 5.74) is -0.0957. The first kappa shape index (κ1) is 12.3. The topological polar surface area (TPSA) is 0 Å². The van der Waals surface area contributed by atoms with Crippen molar-refractivity contribution in [3.05, 3.63) is 41.3 Å². The zero-order valence-electron chi connectivity index (χ0n) is 6.08. The fraction of sp³-hybridized carbons (Fsp3) is 0. The van der Waals surface area contributed by atoms with E-state index in [1.807, 2.05) is 0 Å². The number of halogens is 4. The van der Waals surface area contributed by atoms with Gasteiger partial charge in [-0.2, -0.15) is 18.5 Å². The van der Waals surface area contributed by atoms with Gasteiger partial charge in [-0.25, -0.2) is 4.39 Å². The van der Waals surface area contributed by atoms with E-state index in [1.54, 1.807) is 0 Å². The molecule has 0 fully saturated rings. The van der Waals surface area contributed by atoms with Crippen LogP contribution in [-0.4, -0.2) is 0 Å². The minimum atomic E-state index is -0.645. The molecule has 0 saturated heterocycles. The van der Waals surface area contributed by atoms with E-state index in [-0.39, 0.29) is 10.6 Å². The Bertz CT molecular complexity index is 241. The van der Waals surface area contributed by atoms with Gasteiger partial charge in [0.15, 0.2) is 0 Å². The van der Waals surface area contributed by atoms with Gasteiger partial charge in [0, 0.05) is 5.82 Å². The van der Waals surface area contributed by atoms with Crippen LogP contribution >= 0.6 is 25.2 Å². The number of hydrogen-bond donors (Lipinski definition) is 0. The van der Waals surface area contributed by atoms with Crippen molar-refractivity contribution in [2.75, 3.05) is 0 Å². The van der Waals surface area contributed by atoms with Crippen LogP contribution in [0.1, 0.15) is 5.56 Å². The molecule has 0 spiro atoms. The molecule has 0 aliphatic carbocycles. The van der Waals surface area contributed by atoms with Crippen molar-refractivity contribution in [1.29, 1.82) is 0 Å². The molecule has 0 unspecified atom stereocenters. The molecule has 0 N–H and O–H groups in total. The van der Waals surface area contributed by atoms with E-state index in [0.717, 1.165) is 12.1 Å². The molecule has 5 heteroatoms. The van der Waals surface area contributed by atoms with Gasteiger partial charge in [0.05, 0.1) is 5.82 Å². The van der Waals surface area contributed by atoms with Crippen LogP contribution in [0, 0.1) is 18.6 Å². The van der Waals surface area contributed by atoms with E-state index < -0.39 is 11.6 Å². The minimum absolute atomic E-state index is 0.0957. The first-order chi connectivity index (χ1) is 5.63. The first-order valence-electron chi connectivity index (χ1n) is 2.85. The second kappa shape index (κ2) is 5.90. The van der Waals surface area contributed by atoms with Crippen LogP contribution in [-0.2, 0) is 16.3 Å². The van der Waals surface area contributed by atoms with Gasteiger partial charge in [-0.15, -0.1) is 5.56 Å². The third-order valence-electron chi connectivity index (χ3n) is 1.14. The number of rotatable bonds is 0. The predicted octanol–water partition coefficient (Wildman–Crippen LogP) is 3.64. The van der Waals surface area contributed by atoms with Gasteiger partial charge >= 0.3 is 30.0 Å². The summed E-state index contributed by atoms with van der Waals surface area (Å²) >= 11 is 9.56. The summed E-state index contributed by atoms with van der Waals surface area (Å²) in [6.45, 7) is 3.23. The fourth-order valence-corrected chi connectivity index (χ4v) is 0.722. The Labute approximate surface area is 91.3 Å². The maximum atomic E-state index is 12.4. The summed E-state index contributed by atoms with van der Waals surface area (Å²) in [7, 11) is 0. The van der Waals surface area contributed by atoms with E-state index in [4.69, 9.17) is 11.6 Å². The molecular formula is C7H4BrClF2Zn. The van der Waals surface area contributed by atoms with Gasteiger partial charge in [0.1, 0.15) is 0 Å². The van der Waals surface area contributed by atoms with Crippen LogP contribution in [0.4, 0.5) is 8.78 Å². The molecule has 0 aliphatic rings. The van der Waals surface area contributed by atoms with E-state index in [1.165, 1.54) is 16.3 Å². The molecule has 1 aromatic rings. The Morgan fingerprint density at radius 2 is 1.67 bits per heavy atom. The third-order valence-corrected chi connectivity index (χ3v) is 1.55. The molecule has 62 valence electrons. The molecule has 1 rings (SSSR count). The SMILES string of the molecule is [CH2-]c1c(F)ccc(F)c1Cl.[Zn+][Br]. The second-order valence-corrected chi connectivity index (χ2v) is 2.20. The molecule has 0 aliphatic heterocycles. The quantitative estimate of drug-likeness (QED) is 0.390. The molecule has 0 nitrogen and oxygen atoms in total. The number of benzene rings is 1. The summed E-state index contributed by atoms with van der Waals surface area (Å²) in [5, 5.41) is -0.250. The Morgan fingerprint density at radius 3 is 2.08 bits per heavy atom. The fourth-order valence-electron chi connectivity index (χ4n) is 0.569. The van der Waals surface area contributed by atoms with Gasteiger partial charge in [0.25, 0.3) is 0 Å². The van der Waals surface area contributed by atoms with Crippen molar-refractivity contribution < 1.29 is 25.1 Å². The van der Waals surface area contributed by atoms with Crippen LogP contribution in [0.3, 0.4) is 0 Å². The van der Waals surface area contributed by atoms with Crippen molar-refractivity contribution in [3.63, 3.8) is 0 Å². The van der Waals surface area contributed by atoms with Crippen LogP contribution < -0.4 is 0 Å². The molecule has 0 atom stereocenters. The standard InChI is InChI=1S/C7H4ClF2.BrH.Zn/c1-4-5(9)2-3-6(10)7(4)8;;/h2-3H,1H2;1H;/q-1;;+2/p-1. The van der Waals surface area contributed by atoms with Gasteiger partial charge in [-0.3, -0.25) is 4.39 Å². The van der Waals surface area contributed by atoms with Crippen LogP contribution in [0.15, 0.2) is 12.1 Å². The molecule has 0 bridgehead atoms. The van der Waals surface area contributed by atoms with E-state index >= 15 is 0 Å². The van der Waals surface area contributed by atoms with E-state index in [0.29, 0.717) is 0 Å². The summed E-state index contributed by atoms with van der Waals surface area (Å²) in [6, 6.07) is 1.95. The van der Waals surface area contributed by atoms with Gasteiger partial charge < -0.3 is 0 Å². The van der Waals surface area contributed by atoms with Crippen LogP contribution in [0.25, 0.3) is 0 Å². The van der Waals surface area contributed by atoms with Gasteiger partial charge in [-0.05, 0) is 11.1 Å². The maximum absolute atomic E-state index is 12.4. The molecule has 0 amide bonds. The molecule has 0 aromatic heterocycles. The molecule has 1 aromatic carbocycles. The van der Waals surface area contributed by atoms with Crippen molar-refractivity contribution in [1.82, 2.24) is 0 Å². The van der Waals surface area contributed by atoms with E-state index in [2.05, 4.69) is 20.5 Å². The summed E-state index contributed by atoms with van der Waals surface area (Å²) in [4.78, 5) is 0. The molecule has 0 heterocycles. The Kier molecular flexibility index (Phi) is 6.07. The predicted molar refractivity (Wildman–Crippen MR) is 44.8 cm³/mol. The Morgan fingerprint density at radius 1 is 1.25 bits per heavy atom. The molecule has 0 radical (unpaired) electrons. The Balaban J connectivity index is 0.000000561. The normalized spacial score (nSPS) is 8.83. The average Bonchev–Trinajstić information content (AvgIpc) is 2.12. The summed E-state index contributed by atoms with van der Waals surface area (Å²) in [5.74, 6) is -1.24. The monoisotopic (exact) mass is 304 g/mol. The first-order valence-corrected chi connectivity index (χ1v) is 10.2. The van der Waals surface area contributed by atoms with Crippen molar-refractivity contribution in [2.24, 2.45) is 0 Å². The van der Waals surface area contributed by atoms with Crippen molar-refractivity contribution in [3.8, 4) is 0 Å². The van der Waals surface area contributed by atoms with Crippen molar-refractivity contribution >= 4 is 25.2 Å².